The zero-order valence-electron chi connectivity index (χ0n) is 9.45. The summed E-state index contributed by atoms with van der Waals surface area (Å²) in [6.45, 7) is 3.62. The van der Waals surface area contributed by atoms with E-state index in [1.165, 1.54) is 19.3 Å². The molecular weight excluding hydrogens is 188 g/mol. The fourth-order valence-corrected chi connectivity index (χ4v) is 2.28. The predicted molar refractivity (Wildman–Crippen MR) is 61.6 cm³/mol. The van der Waals surface area contributed by atoms with E-state index in [9.17, 15) is 9.90 Å². The normalized spacial score (nSPS) is 19.8. The van der Waals surface area contributed by atoms with E-state index in [0.29, 0.717) is 6.42 Å². The first kappa shape index (κ1) is 12.4. The Morgan fingerprint density at radius 3 is 2.67 bits per heavy atom. The van der Waals surface area contributed by atoms with Crippen LogP contribution < -0.4 is 0 Å². The fraction of sp³-hybridized carbons (Fsp3) is 0.769. The molecule has 1 saturated carbocycles. The van der Waals surface area contributed by atoms with E-state index in [-0.39, 0.29) is 11.7 Å². The van der Waals surface area contributed by atoms with E-state index >= 15 is 0 Å². The third kappa shape index (κ3) is 4.17. The third-order valence-electron chi connectivity index (χ3n) is 3.26. The van der Waals surface area contributed by atoms with Crippen molar-refractivity contribution in [3.05, 3.63) is 12.7 Å². The molecule has 1 N–H and O–H groups in total. The molecular formula is C13H22O2. The van der Waals surface area contributed by atoms with Gasteiger partial charge in [-0.15, -0.1) is 6.58 Å². The lowest BCUT2D eigenvalue weighted by Crippen LogP contribution is -2.30. The number of hydrogen-bond donors (Lipinski definition) is 1. The van der Waals surface area contributed by atoms with E-state index in [1.807, 2.05) is 6.08 Å². The van der Waals surface area contributed by atoms with Crippen LogP contribution in [-0.4, -0.2) is 17.0 Å². The topological polar surface area (TPSA) is 37.3 Å². The molecule has 0 aromatic carbocycles. The molecule has 0 aliphatic heterocycles. The largest absolute Gasteiger partial charge is 0.385 e. The SMILES string of the molecule is C=CCCCC(=O)C(O)C1CCCCC1. The highest BCUT2D eigenvalue weighted by Crippen LogP contribution is 2.27. The van der Waals surface area contributed by atoms with Crippen molar-refractivity contribution in [2.24, 2.45) is 5.92 Å². The van der Waals surface area contributed by atoms with Crippen LogP contribution in [0.25, 0.3) is 0 Å². The molecule has 0 aromatic rings. The highest BCUT2D eigenvalue weighted by Gasteiger charge is 2.26. The first-order chi connectivity index (χ1) is 7.25. The molecule has 15 heavy (non-hydrogen) atoms. The summed E-state index contributed by atoms with van der Waals surface area (Å²) >= 11 is 0. The average Bonchev–Trinajstić information content (AvgIpc) is 2.29. The van der Waals surface area contributed by atoms with Gasteiger partial charge in [0.1, 0.15) is 6.10 Å². The lowest BCUT2D eigenvalue weighted by Gasteiger charge is -2.25. The van der Waals surface area contributed by atoms with E-state index < -0.39 is 6.10 Å². The van der Waals surface area contributed by atoms with Crippen LogP contribution in [-0.2, 0) is 4.79 Å². The molecule has 0 bridgehead atoms. The predicted octanol–water partition coefficient (Wildman–Crippen LogP) is 2.85. The molecule has 0 aromatic heterocycles. The fourth-order valence-electron chi connectivity index (χ4n) is 2.28. The molecule has 1 aliphatic rings. The number of hydrogen-bond acceptors (Lipinski definition) is 2. The number of ketones is 1. The van der Waals surface area contributed by atoms with Crippen molar-refractivity contribution in [3.8, 4) is 0 Å². The highest BCUT2D eigenvalue weighted by molar-refractivity contribution is 5.83. The summed E-state index contributed by atoms with van der Waals surface area (Å²) in [5.41, 5.74) is 0. The van der Waals surface area contributed by atoms with Crippen molar-refractivity contribution in [2.75, 3.05) is 0 Å². The summed E-state index contributed by atoms with van der Waals surface area (Å²) in [4.78, 5) is 11.6. The Morgan fingerprint density at radius 2 is 2.07 bits per heavy atom. The number of Topliss-reactive ketones (excluding diaryl/α,β-unsaturated/α-hetero) is 1. The van der Waals surface area contributed by atoms with Gasteiger partial charge < -0.3 is 5.11 Å². The molecule has 0 amide bonds. The Balaban J connectivity index is 2.27. The summed E-state index contributed by atoms with van der Waals surface area (Å²) in [7, 11) is 0. The van der Waals surface area contributed by atoms with Gasteiger partial charge in [-0.2, -0.15) is 0 Å². The molecule has 1 aliphatic carbocycles. The van der Waals surface area contributed by atoms with Crippen LogP contribution >= 0.6 is 0 Å². The molecule has 1 fully saturated rings. The van der Waals surface area contributed by atoms with Crippen molar-refractivity contribution in [1.29, 1.82) is 0 Å². The number of unbranched alkanes of at least 4 members (excludes halogenated alkanes) is 1. The molecule has 86 valence electrons. The molecule has 2 nitrogen and oxygen atoms in total. The summed E-state index contributed by atoms with van der Waals surface area (Å²) in [5.74, 6) is 0.263. The average molecular weight is 210 g/mol. The minimum Gasteiger partial charge on any atom is -0.385 e. The number of carbonyl (C=O) groups is 1. The second-order valence-corrected chi connectivity index (χ2v) is 4.49. The zero-order chi connectivity index (χ0) is 11.1. The summed E-state index contributed by atoms with van der Waals surface area (Å²) < 4.78 is 0. The van der Waals surface area contributed by atoms with Gasteiger partial charge in [-0.1, -0.05) is 25.3 Å². The second kappa shape index (κ2) is 6.78. The Morgan fingerprint density at radius 1 is 1.40 bits per heavy atom. The van der Waals surface area contributed by atoms with Gasteiger partial charge >= 0.3 is 0 Å². The van der Waals surface area contributed by atoms with Crippen LogP contribution in [0.1, 0.15) is 51.4 Å². The number of aliphatic hydroxyl groups is 1. The van der Waals surface area contributed by atoms with Crippen LogP contribution in [0.3, 0.4) is 0 Å². The number of aliphatic hydroxyl groups excluding tert-OH is 1. The summed E-state index contributed by atoms with van der Waals surface area (Å²) in [5, 5.41) is 9.87. The molecule has 0 radical (unpaired) electrons. The van der Waals surface area contributed by atoms with Crippen molar-refractivity contribution >= 4 is 5.78 Å². The van der Waals surface area contributed by atoms with Crippen molar-refractivity contribution < 1.29 is 9.90 Å². The first-order valence-corrected chi connectivity index (χ1v) is 6.07. The van der Waals surface area contributed by atoms with Gasteiger partial charge in [0.15, 0.2) is 5.78 Å². The Kier molecular flexibility index (Phi) is 5.62. The van der Waals surface area contributed by atoms with Crippen molar-refractivity contribution in [1.82, 2.24) is 0 Å². The van der Waals surface area contributed by atoms with Gasteiger partial charge in [0.25, 0.3) is 0 Å². The third-order valence-corrected chi connectivity index (χ3v) is 3.26. The summed E-state index contributed by atoms with van der Waals surface area (Å²) in [6, 6.07) is 0. The lowest BCUT2D eigenvalue weighted by atomic mass is 9.83. The van der Waals surface area contributed by atoms with Gasteiger partial charge in [0, 0.05) is 6.42 Å². The van der Waals surface area contributed by atoms with Crippen molar-refractivity contribution in [2.45, 2.75) is 57.5 Å². The molecule has 1 rings (SSSR count). The van der Waals surface area contributed by atoms with E-state index in [4.69, 9.17) is 0 Å². The maximum atomic E-state index is 11.6. The summed E-state index contributed by atoms with van der Waals surface area (Å²) in [6.07, 6.45) is 8.95. The Labute approximate surface area is 92.4 Å². The van der Waals surface area contributed by atoms with Gasteiger partial charge in [0.2, 0.25) is 0 Å². The minimum atomic E-state index is -0.699. The molecule has 1 atom stereocenters. The maximum absolute atomic E-state index is 11.6. The van der Waals surface area contributed by atoms with Crippen LogP contribution in [0.4, 0.5) is 0 Å². The standard InChI is InChI=1S/C13H22O2/c1-2-3-5-10-12(14)13(15)11-8-6-4-7-9-11/h2,11,13,15H,1,3-10H2. The number of allylic oxidation sites excluding steroid dienone is 1. The van der Waals surface area contributed by atoms with Crippen LogP contribution in [0, 0.1) is 5.92 Å². The minimum absolute atomic E-state index is 0.0313. The van der Waals surface area contributed by atoms with Crippen LogP contribution in [0.5, 0.6) is 0 Å². The van der Waals surface area contributed by atoms with Gasteiger partial charge in [-0.25, -0.2) is 0 Å². The Bertz CT molecular complexity index is 205. The van der Waals surface area contributed by atoms with Crippen LogP contribution in [0.15, 0.2) is 12.7 Å². The monoisotopic (exact) mass is 210 g/mol. The van der Waals surface area contributed by atoms with Crippen LogP contribution in [0.2, 0.25) is 0 Å². The van der Waals surface area contributed by atoms with Gasteiger partial charge in [0.05, 0.1) is 0 Å². The van der Waals surface area contributed by atoms with Crippen molar-refractivity contribution in [3.63, 3.8) is 0 Å². The number of rotatable bonds is 6. The molecule has 0 heterocycles. The Hall–Kier alpha value is -0.630. The second-order valence-electron chi connectivity index (χ2n) is 4.49. The number of carbonyl (C=O) groups excluding carboxylic acids is 1. The van der Waals surface area contributed by atoms with Gasteiger partial charge in [-0.05, 0) is 31.6 Å². The molecule has 0 spiro atoms. The molecule has 0 saturated heterocycles. The zero-order valence-corrected chi connectivity index (χ0v) is 9.45. The quantitative estimate of drug-likeness (QED) is 0.540. The highest BCUT2D eigenvalue weighted by atomic mass is 16.3. The first-order valence-electron chi connectivity index (χ1n) is 6.07. The van der Waals surface area contributed by atoms with Gasteiger partial charge in [-0.3, -0.25) is 4.79 Å². The molecule has 2 heteroatoms. The van der Waals surface area contributed by atoms with E-state index in [0.717, 1.165) is 25.7 Å². The van der Waals surface area contributed by atoms with E-state index in [2.05, 4.69) is 6.58 Å². The smallest absolute Gasteiger partial charge is 0.161 e. The lowest BCUT2D eigenvalue weighted by molar-refractivity contribution is -0.130. The molecule has 1 unspecified atom stereocenters. The maximum Gasteiger partial charge on any atom is 0.161 e. The van der Waals surface area contributed by atoms with E-state index in [1.54, 1.807) is 0 Å².